The van der Waals surface area contributed by atoms with Gasteiger partial charge in [-0.3, -0.25) is 13.9 Å². The average Bonchev–Trinajstić information content (AvgIpc) is 2.93. The molecule has 5 nitrogen and oxygen atoms in total. The van der Waals surface area contributed by atoms with Crippen LogP contribution in [0.15, 0.2) is 71.5 Å². The number of carbonyl (C=O) groups excluding carboxylic acids is 1. The molecule has 0 spiro atoms. The van der Waals surface area contributed by atoms with E-state index in [-0.39, 0.29) is 18.1 Å². The number of para-hydroxylation sites is 2. The number of carbonyl (C=O) groups is 1. The highest BCUT2D eigenvalue weighted by molar-refractivity contribution is 6.02. The van der Waals surface area contributed by atoms with Crippen LogP contribution in [-0.4, -0.2) is 15.0 Å². The number of benzene rings is 3. The van der Waals surface area contributed by atoms with Crippen molar-refractivity contribution in [3.63, 3.8) is 0 Å². The van der Waals surface area contributed by atoms with Crippen LogP contribution in [0.5, 0.6) is 0 Å². The molecule has 0 bridgehead atoms. The smallest absolute Gasteiger partial charge is 0.324 e. The van der Waals surface area contributed by atoms with Crippen molar-refractivity contribution in [2.24, 2.45) is 0 Å². The van der Waals surface area contributed by atoms with E-state index in [9.17, 15) is 9.59 Å². The molecule has 4 aromatic rings. The Hall–Kier alpha value is -3.34. The lowest BCUT2D eigenvalue weighted by Gasteiger charge is -2.09. The molecule has 0 saturated carbocycles. The van der Waals surface area contributed by atoms with Crippen LogP contribution in [0.3, 0.4) is 0 Å². The molecule has 26 heavy (non-hydrogen) atoms. The molecule has 4 rings (SSSR count). The summed E-state index contributed by atoms with van der Waals surface area (Å²) in [5, 5.41) is 4.98. The van der Waals surface area contributed by atoms with E-state index < -0.39 is 0 Å². The van der Waals surface area contributed by atoms with Gasteiger partial charge in [-0.25, -0.2) is 4.79 Å². The SMILES string of the molecule is CCn1c(=O)n(CC(=O)Nc2cccc3ccccc23)c2ccccc21. The van der Waals surface area contributed by atoms with Gasteiger partial charge in [0.25, 0.3) is 0 Å². The van der Waals surface area contributed by atoms with Crippen molar-refractivity contribution in [1.82, 2.24) is 9.13 Å². The number of aryl methyl sites for hydroxylation is 1. The van der Waals surface area contributed by atoms with E-state index in [2.05, 4.69) is 5.32 Å². The number of nitrogens with zero attached hydrogens (tertiary/aromatic N) is 2. The normalized spacial score (nSPS) is 11.1. The van der Waals surface area contributed by atoms with Crippen LogP contribution < -0.4 is 11.0 Å². The van der Waals surface area contributed by atoms with Crippen LogP contribution in [0.4, 0.5) is 5.69 Å². The first-order valence-electron chi connectivity index (χ1n) is 8.64. The lowest BCUT2D eigenvalue weighted by molar-refractivity contribution is -0.116. The van der Waals surface area contributed by atoms with Gasteiger partial charge in [0, 0.05) is 17.6 Å². The molecule has 0 aliphatic rings. The maximum absolute atomic E-state index is 12.7. The summed E-state index contributed by atoms with van der Waals surface area (Å²) in [6.45, 7) is 2.47. The number of rotatable bonds is 4. The zero-order valence-electron chi connectivity index (χ0n) is 14.5. The molecular weight excluding hydrogens is 326 g/mol. The van der Waals surface area contributed by atoms with Crippen molar-refractivity contribution in [2.75, 3.05) is 5.32 Å². The van der Waals surface area contributed by atoms with Gasteiger partial charge >= 0.3 is 5.69 Å². The second-order valence-electron chi connectivity index (χ2n) is 6.18. The highest BCUT2D eigenvalue weighted by atomic mass is 16.2. The van der Waals surface area contributed by atoms with Crippen molar-refractivity contribution in [1.29, 1.82) is 0 Å². The molecule has 0 saturated heterocycles. The summed E-state index contributed by atoms with van der Waals surface area (Å²) in [6.07, 6.45) is 0. The molecule has 5 heteroatoms. The van der Waals surface area contributed by atoms with Crippen molar-refractivity contribution in [3.8, 4) is 0 Å². The van der Waals surface area contributed by atoms with Crippen LogP contribution in [0, 0.1) is 0 Å². The first-order chi connectivity index (χ1) is 12.7. The Balaban J connectivity index is 1.68. The molecule has 1 amide bonds. The van der Waals surface area contributed by atoms with Crippen molar-refractivity contribution in [2.45, 2.75) is 20.0 Å². The molecule has 0 atom stereocenters. The highest BCUT2D eigenvalue weighted by Crippen LogP contribution is 2.23. The Morgan fingerprint density at radius 2 is 1.54 bits per heavy atom. The van der Waals surface area contributed by atoms with E-state index in [1.807, 2.05) is 73.7 Å². The minimum atomic E-state index is -0.220. The standard InChI is InChI=1S/C21H19N3O2/c1-2-23-18-12-5-6-13-19(18)24(21(23)26)14-20(25)22-17-11-7-9-15-8-3-4-10-16(15)17/h3-13H,2,14H2,1H3,(H,22,25). The quantitative estimate of drug-likeness (QED) is 0.614. The molecule has 0 fully saturated rings. The second kappa shape index (κ2) is 6.52. The van der Waals surface area contributed by atoms with Gasteiger partial charge in [-0.1, -0.05) is 48.5 Å². The Morgan fingerprint density at radius 1 is 0.885 bits per heavy atom. The fourth-order valence-corrected chi connectivity index (χ4v) is 3.40. The van der Waals surface area contributed by atoms with Crippen LogP contribution in [0.1, 0.15) is 6.92 Å². The third-order valence-corrected chi connectivity index (χ3v) is 4.61. The number of fused-ring (bicyclic) bond motifs is 2. The van der Waals surface area contributed by atoms with Crippen molar-refractivity contribution >= 4 is 33.4 Å². The average molecular weight is 345 g/mol. The molecule has 0 unspecified atom stereocenters. The Labute approximate surface area is 150 Å². The molecule has 1 heterocycles. The van der Waals surface area contributed by atoms with Gasteiger partial charge in [0.15, 0.2) is 0 Å². The predicted octanol–water partition coefficient (Wildman–Crippen LogP) is 3.61. The third kappa shape index (κ3) is 2.67. The monoisotopic (exact) mass is 345 g/mol. The highest BCUT2D eigenvalue weighted by Gasteiger charge is 2.15. The first-order valence-corrected chi connectivity index (χ1v) is 8.64. The maximum atomic E-state index is 12.7. The third-order valence-electron chi connectivity index (χ3n) is 4.61. The largest absolute Gasteiger partial charge is 0.329 e. The van der Waals surface area contributed by atoms with Gasteiger partial charge in [0.05, 0.1) is 11.0 Å². The minimum Gasteiger partial charge on any atom is -0.324 e. The van der Waals surface area contributed by atoms with E-state index in [1.165, 1.54) is 4.57 Å². The first kappa shape index (κ1) is 16.1. The van der Waals surface area contributed by atoms with Gasteiger partial charge in [-0.15, -0.1) is 0 Å². The van der Waals surface area contributed by atoms with E-state index in [0.29, 0.717) is 6.54 Å². The van der Waals surface area contributed by atoms with E-state index >= 15 is 0 Å². The number of aromatic nitrogens is 2. The molecule has 1 aromatic heterocycles. The van der Waals surface area contributed by atoms with Crippen LogP contribution in [0.25, 0.3) is 21.8 Å². The zero-order valence-corrected chi connectivity index (χ0v) is 14.5. The fraction of sp³-hybridized carbons (Fsp3) is 0.143. The number of hydrogen-bond donors (Lipinski definition) is 1. The summed E-state index contributed by atoms with van der Waals surface area (Å²) in [5.41, 5.74) is 2.20. The molecular formula is C21H19N3O2. The minimum absolute atomic E-state index is 0.0183. The van der Waals surface area contributed by atoms with Crippen LogP contribution in [-0.2, 0) is 17.9 Å². The number of amides is 1. The summed E-state index contributed by atoms with van der Waals surface area (Å²) >= 11 is 0. The van der Waals surface area contributed by atoms with Gasteiger partial charge in [0.2, 0.25) is 5.91 Å². The molecule has 0 radical (unpaired) electrons. The Kier molecular flexibility index (Phi) is 4.05. The van der Waals surface area contributed by atoms with Crippen molar-refractivity contribution in [3.05, 3.63) is 77.2 Å². The van der Waals surface area contributed by atoms with Crippen LogP contribution >= 0.6 is 0 Å². The fourth-order valence-electron chi connectivity index (χ4n) is 3.40. The summed E-state index contributed by atoms with van der Waals surface area (Å²) < 4.78 is 3.21. The summed E-state index contributed by atoms with van der Waals surface area (Å²) in [5.74, 6) is -0.220. The lowest BCUT2D eigenvalue weighted by atomic mass is 10.1. The van der Waals surface area contributed by atoms with E-state index in [0.717, 1.165) is 27.5 Å². The Morgan fingerprint density at radius 3 is 2.31 bits per heavy atom. The Bertz CT molecular complexity index is 1170. The zero-order chi connectivity index (χ0) is 18.1. The molecule has 0 aliphatic carbocycles. The van der Waals surface area contributed by atoms with Crippen molar-refractivity contribution < 1.29 is 4.79 Å². The van der Waals surface area contributed by atoms with Gasteiger partial charge in [-0.05, 0) is 30.5 Å². The summed E-state index contributed by atoms with van der Waals surface area (Å²) in [6, 6.07) is 21.2. The number of nitrogens with one attached hydrogen (secondary N) is 1. The van der Waals surface area contributed by atoms with Gasteiger partial charge in [-0.2, -0.15) is 0 Å². The number of imidazole rings is 1. The second-order valence-corrected chi connectivity index (χ2v) is 6.18. The molecule has 130 valence electrons. The topological polar surface area (TPSA) is 56.0 Å². The summed E-state index contributed by atoms with van der Waals surface area (Å²) in [7, 11) is 0. The predicted molar refractivity (Wildman–Crippen MR) is 104 cm³/mol. The number of anilines is 1. The molecule has 1 N–H and O–H groups in total. The summed E-state index contributed by atoms with van der Waals surface area (Å²) in [4.78, 5) is 25.3. The molecule has 0 aliphatic heterocycles. The van der Waals surface area contributed by atoms with E-state index in [4.69, 9.17) is 0 Å². The number of hydrogen-bond acceptors (Lipinski definition) is 2. The van der Waals surface area contributed by atoms with Crippen LogP contribution in [0.2, 0.25) is 0 Å². The maximum Gasteiger partial charge on any atom is 0.329 e. The van der Waals surface area contributed by atoms with Gasteiger partial charge in [0.1, 0.15) is 6.54 Å². The van der Waals surface area contributed by atoms with Gasteiger partial charge < -0.3 is 5.32 Å². The lowest BCUT2D eigenvalue weighted by Crippen LogP contribution is -2.29. The molecule has 3 aromatic carbocycles. The van der Waals surface area contributed by atoms with E-state index in [1.54, 1.807) is 4.57 Å².